The molecule has 1 unspecified atom stereocenters. The highest BCUT2D eigenvalue weighted by Gasteiger charge is 2.30. The number of likely N-dealkylation sites (N-methyl/N-ethyl adjacent to an activating group) is 1. The average Bonchev–Trinajstić information content (AvgIpc) is 2.53. The van der Waals surface area contributed by atoms with Gasteiger partial charge in [-0.1, -0.05) is 6.92 Å². The lowest BCUT2D eigenvalue weighted by Crippen LogP contribution is -2.54. The summed E-state index contributed by atoms with van der Waals surface area (Å²) in [7, 11) is 0. The molecule has 1 fully saturated rings. The molecule has 1 aromatic rings. The summed E-state index contributed by atoms with van der Waals surface area (Å²) in [5, 5.41) is 6.06. The maximum atomic E-state index is 12.1. The molecule has 2 N–H and O–H groups in total. The van der Waals surface area contributed by atoms with Crippen molar-refractivity contribution in [2.24, 2.45) is 0 Å². The van der Waals surface area contributed by atoms with Crippen LogP contribution in [0.15, 0.2) is 12.4 Å². The highest BCUT2D eigenvalue weighted by atomic mass is 16.5. The van der Waals surface area contributed by atoms with Gasteiger partial charge in [-0.15, -0.1) is 0 Å². The predicted molar refractivity (Wildman–Crippen MR) is 80.0 cm³/mol. The summed E-state index contributed by atoms with van der Waals surface area (Å²) in [4.78, 5) is 22.8. The Bertz CT molecular complexity index is 451. The van der Waals surface area contributed by atoms with Gasteiger partial charge in [0.2, 0.25) is 11.9 Å². The first-order valence-corrected chi connectivity index (χ1v) is 7.40. The smallest absolute Gasteiger partial charge is 0.245 e. The molecule has 1 aromatic heterocycles. The van der Waals surface area contributed by atoms with Gasteiger partial charge in [-0.25, -0.2) is 9.97 Å². The molecule has 7 heteroatoms. The zero-order valence-electron chi connectivity index (χ0n) is 12.6. The molecule has 0 aliphatic carbocycles. The van der Waals surface area contributed by atoms with Crippen molar-refractivity contribution in [2.45, 2.75) is 26.4 Å². The standard InChI is InChI=1S/C14H23N5O2/c1-3-15-7-11-8-17-14(18-9-11)19-5-6-21-10-12(19)13(20)16-4-2/h8-9,12,15H,3-7,10H2,1-2H3,(H,16,20). The normalized spacial score (nSPS) is 18.6. The number of anilines is 1. The van der Waals surface area contributed by atoms with Crippen molar-refractivity contribution in [2.75, 3.05) is 37.7 Å². The van der Waals surface area contributed by atoms with E-state index in [0.717, 1.165) is 18.7 Å². The fraction of sp³-hybridized carbons (Fsp3) is 0.643. The lowest BCUT2D eigenvalue weighted by molar-refractivity contribution is -0.124. The van der Waals surface area contributed by atoms with Crippen LogP contribution in [0.1, 0.15) is 19.4 Å². The topological polar surface area (TPSA) is 79.4 Å². The van der Waals surface area contributed by atoms with Crippen LogP contribution in [0.25, 0.3) is 0 Å². The molecule has 0 bridgehead atoms. The maximum absolute atomic E-state index is 12.1. The maximum Gasteiger partial charge on any atom is 0.245 e. The third kappa shape index (κ3) is 4.12. The number of morpholine rings is 1. The van der Waals surface area contributed by atoms with Gasteiger partial charge in [0.05, 0.1) is 13.2 Å². The van der Waals surface area contributed by atoms with Gasteiger partial charge in [0.15, 0.2) is 0 Å². The molecule has 21 heavy (non-hydrogen) atoms. The van der Waals surface area contributed by atoms with Crippen molar-refractivity contribution in [1.29, 1.82) is 0 Å². The van der Waals surface area contributed by atoms with Crippen LogP contribution in [0, 0.1) is 0 Å². The molecule has 1 saturated heterocycles. The van der Waals surface area contributed by atoms with Crippen LogP contribution >= 0.6 is 0 Å². The van der Waals surface area contributed by atoms with Crippen molar-refractivity contribution in [3.05, 3.63) is 18.0 Å². The third-order valence-corrected chi connectivity index (χ3v) is 3.31. The molecule has 1 atom stereocenters. The number of hydrogen-bond donors (Lipinski definition) is 2. The van der Waals surface area contributed by atoms with Gasteiger partial charge in [-0.3, -0.25) is 4.79 Å². The van der Waals surface area contributed by atoms with Crippen LogP contribution in [-0.4, -0.2) is 54.8 Å². The van der Waals surface area contributed by atoms with E-state index >= 15 is 0 Å². The summed E-state index contributed by atoms with van der Waals surface area (Å²) >= 11 is 0. The van der Waals surface area contributed by atoms with Crippen LogP contribution in [0.4, 0.5) is 5.95 Å². The molecule has 1 amide bonds. The molecule has 2 rings (SSSR count). The number of nitrogens with one attached hydrogen (secondary N) is 2. The molecule has 0 aromatic carbocycles. The minimum atomic E-state index is -0.363. The van der Waals surface area contributed by atoms with E-state index in [1.165, 1.54) is 0 Å². The number of ether oxygens (including phenoxy) is 1. The molecule has 7 nitrogen and oxygen atoms in total. The van der Waals surface area contributed by atoms with E-state index in [0.29, 0.717) is 32.3 Å². The molecular weight excluding hydrogens is 270 g/mol. The molecular formula is C14H23N5O2. The van der Waals surface area contributed by atoms with E-state index in [1.54, 1.807) is 12.4 Å². The minimum Gasteiger partial charge on any atom is -0.377 e. The largest absolute Gasteiger partial charge is 0.377 e. The number of amides is 1. The Morgan fingerprint density at radius 1 is 1.38 bits per heavy atom. The number of rotatable bonds is 6. The van der Waals surface area contributed by atoms with E-state index < -0.39 is 0 Å². The Morgan fingerprint density at radius 2 is 2.14 bits per heavy atom. The number of nitrogens with zero attached hydrogens (tertiary/aromatic N) is 3. The van der Waals surface area contributed by atoms with Gasteiger partial charge >= 0.3 is 0 Å². The van der Waals surface area contributed by atoms with E-state index in [-0.39, 0.29) is 11.9 Å². The van der Waals surface area contributed by atoms with Crippen molar-refractivity contribution < 1.29 is 9.53 Å². The lowest BCUT2D eigenvalue weighted by Gasteiger charge is -2.34. The number of carbonyl (C=O) groups excluding carboxylic acids is 1. The fourth-order valence-corrected chi connectivity index (χ4v) is 2.21. The van der Waals surface area contributed by atoms with Gasteiger partial charge in [-0.2, -0.15) is 0 Å². The molecule has 0 radical (unpaired) electrons. The lowest BCUT2D eigenvalue weighted by atomic mass is 10.2. The predicted octanol–water partition coefficient (Wildman–Crippen LogP) is -0.0726. The van der Waals surface area contributed by atoms with Gasteiger partial charge in [-0.05, 0) is 13.5 Å². The molecule has 2 heterocycles. The molecule has 0 spiro atoms. The number of aromatic nitrogens is 2. The first-order valence-electron chi connectivity index (χ1n) is 7.40. The first kappa shape index (κ1) is 15.7. The Kier molecular flexibility index (Phi) is 5.89. The van der Waals surface area contributed by atoms with E-state index in [4.69, 9.17) is 4.74 Å². The minimum absolute atomic E-state index is 0.0440. The van der Waals surface area contributed by atoms with Crippen LogP contribution in [-0.2, 0) is 16.1 Å². The Morgan fingerprint density at radius 3 is 2.81 bits per heavy atom. The SMILES string of the molecule is CCNCc1cnc(N2CCOCC2C(=O)NCC)nc1. The fourth-order valence-electron chi connectivity index (χ4n) is 2.21. The zero-order chi connectivity index (χ0) is 15.1. The van der Waals surface area contributed by atoms with Crippen LogP contribution in [0.3, 0.4) is 0 Å². The summed E-state index contributed by atoms with van der Waals surface area (Å²) in [6, 6.07) is -0.363. The highest BCUT2D eigenvalue weighted by molar-refractivity contribution is 5.85. The summed E-state index contributed by atoms with van der Waals surface area (Å²) in [6.07, 6.45) is 3.60. The van der Waals surface area contributed by atoms with Crippen LogP contribution < -0.4 is 15.5 Å². The van der Waals surface area contributed by atoms with Gasteiger partial charge in [0.25, 0.3) is 0 Å². The molecule has 1 aliphatic heterocycles. The zero-order valence-corrected chi connectivity index (χ0v) is 12.6. The second-order valence-electron chi connectivity index (χ2n) is 4.85. The summed E-state index contributed by atoms with van der Waals surface area (Å²) in [6.45, 7) is 7.79. The average molecular weight is 293 g/mol. The quantitative estimate of drug-likeness (QED) is 0.764. The second kappa shape index (κ2) is 7.90. The highest BCUT2D eigenvalue weighted by Crippen LogP contribution is 2.15. The Hall–Kier alpha value is -1.73. The first-order chi connectivity index (χ1) is 10.3. The third-order valence-electron chi connectivity index (χ3n) is 3.31. The van der Waals surface area contributed by atoms with E-state index in [1.807, 2.05) is 11.8 Å². The van der Waals surface area contributed by atoms with Gasteiger partial charge in [0, 0.05) is 37.6 Å². The van der Waals surface area contributed by atoms with E-state index in [2.05, 4.69) is 27.5 Å². The number of carbonyl (C=O) groups is 1. The second-order valence-corrected chi connectivity index (χ2v) is 4.85. The van der Waals surface area contributed by atoms with Crippen LogP contribution in [0.5, 0.6) is 0 Å². The summed E-state index contributed by atoms with van der Waals surface area (Å²) in [5.41, 5.74) is 1.03. The van der Waals surface area contributed by atoms with E-state index in [9.17, 15) is 4.79 Å². The Balaban J connectivity index is 2.08. The number of hydrogen-bond acceptors (Lipinski definition) is 6. The summed E-state index contributed by atoms with van der Waals surface area (Å²) in [5.74, 6) is 0.535. The van der Waals surface area contributed by atoms with Crippen molar-refractivity contribution in [1.82, 2.24) is 20.6 Å². The molecule has 1 aliphatic rings. The Labute approximate surface area is 125 Å². The summed E-state index contributed by atoms with van der Waals surface area (Å²) < 4.78 is 5.41. The van der Waals surface area contributed by atoms with Gasteiger partial charge in [0.1, 0.15) is 6.04 Å². The monoisotopic (exact) mass is 293 g/mol. The molecule has 0 saturated carbocycles. The van der Waals surface area contributed by atoms with Crippen LogP contribution in [0.2, 0.25) is 0 Å². The van der Waals surface area contributed by atoms with Crippen molar-refractivity contribution in [3.63, 3.8) is 0 Å². The van der Waals surface area contributed by atoms with Crippen molar-refractivity contribution >= 4 is 11.9 Å². The van der Waals surface area contributed by atoms with Gasteiger partial charge < -0.3 is 20.3 Å². The van der Waals surface area contributed by atoms with Crippen molar-refractivity contribution in [3.8, 4) is 0 Å². The molecule has 116 valence electrons.